The van der Waals surface area contributed by atoms with Crippen molar-refractivity contribution in [2.75, 3.05) is 0 Å². The summed E-state index contributed by atoms with van der Waals surface area (Å²) >= 11 is 0. The molecular formula is C19H25NO. The van der Waals surface area contributed by atoms with Crippen molar-refractivity contribution >= 4 is 10.8 Å². The lowest BCUT2D eigenvalue weighted by atomic mass is 10.00. The quantitative estimate of drug-likeness (QED) is 0.828. The molecule has 0 bridgehead atoms. The fourth-order valence-corrected chi connectivity index (χ4v) is 3.38. The Morgan fingerprint density at radius 3 is 2.62 bits per heavy atom. The highest BCUT2D eigenvalue weighted by atomic mass is 16.3. The van der Waals surface area contributed by atoms with Crippen LogP contribution in [-0.2, 0) is 0 Å². The van der Waals surface area contributed by atoms with Crippen molar-refractivity contribution in [3.63, 3.8) is 0 Å². The van der Waals surface area contributed by atoms with Gasteiger partial charge in [0.1, 0.15) is 0 Å². The van der Waals surface area contributed by atoms with Crippen LogP contribution in [-0.4, -0.2) is 17.3 Å². The van der Waals surface area contributed by atoms with Gasteiger partial charge in [-0.2, -0.15) is 0 Å². The predicted octanol–water partition coefficient (Wildman–Crippen LogP) is 4.18. The molecule has 0 heterocycles. The Bertz CT molecular complexity index is 595. The average molecular weight is 283 g/mol. The lowest BCUT2D eigenvalue weighted by Crippen LogP contribution is -2.40. The summed E-state index contributed by atoms with van der Waals surface area (Å²) in [6.45, 7) is 2.20. The predicted molar refractivity (Wildman–Crippen MR) is 88.4 cm³/mol. The molecule has 1 aliphatic carbocycles. The molecule has 2 N–H and O–H groups in total. The van der Waals surface area contributed by atoms with Crippen LogP contribution in [0.1, 0.15) is 50.6 Å². The zero-order valence-corrected chi connectivity index (χ0v) is 12.8. The summed E-state index contributed by atoms with van der Waals surface area (Å²) < 4.78 is 0. The molecule has 2 aromatic rings. The van der Waals surface area contributed by atoms with E-state index in [2.05, 4.69) is 54.7 Å². The maximum absolute atomic E-state index is 10.3. The molecule has 112 valence electrons. The molecule has 0 spiro atoms. The molecular weight excluding hydrogens is 258 g/mol. The molecule has 3 atom stereocenters. The highest BCUT2D eigenvalue weighted by molar-refractivity contribution is 5.83. The van der Waals surface area contributed by atoms with Crippen molar-refractivity contribution in [2.45, 2.75) is 57.2 Å². The number of aliphatic hydroxyl groups is 1. The molecule has 1 fully saturated rings. The van der Waals surface area contributed by atoms with E-state index >= 15 is 0 Å². The van der Waals surface area contributed by atoms with E-state index in [1.807, 2.05) is 0 Å². The molecule has 2 nitrogen and oxygen atoms in total. The maximum atomic E-state index is 10.3. The highest BCUT2D eigenvalue weighted by Crippen LogP contribution is 2.24. The molecule has 2 heteroatoms. The smallest absolute Gasteiger partial charge is 0.0693 e. The Morgan fingerprint density at radius 1 is 1.00 bits per heavy atom. The first-order chi connectivity index (χ1) is 10.2. The first-order valence-electron chi connectivity index (χ1n) is 8.17. The number of aliphatic hydroxyl groups excluding tert-OH is 1. The molecule has 3 unspecified atom stereocenters. The Morgan fingerprint density at radius 2 is 1.76 bits per heavy atom. The van der Waals surface area contributed by atoms with E-state index in [0.29, 0.717) is 0 Å². The summed E-state index contributed by atoms with van der Waals surface area (Å²) in [6, 6.07) is 15.6. The number of benzene rings is 2. The van der Waals surface area contributed by atoms with E-state index in [0.717, 1.165) is 19.3 Å². The third-order valence-corrected chi connectivity index (χ3v) is 4.72. The molecule has 0 amide bonds. The monoisotopic (exact) mass is 283 g/mol. The third-order valence-electron chi connectivity index (χ3n) is 4.72. The highest BCUT2D eigenvalue weighted by Gasteiger charge is 2.23. The summed E-state index contributed by atoms with van der Waals surface area (Å²) in [5, 5.41) is 16.5. The first-order valence-corrected chi connectivity index (χ1v) is 8.17. The lowest BCUT2D eigenvalue weighted by molar-refractivity contribution is 0.115. The lowest BCUT2D eigenvalue weighted by Gasteiger charge is -2.26. The standard InChI is InChI=1S/C19H25NO/c1-14(20-18-9-3-2-4-10-19(18)21)16-12-11-15-7-5-6-8-17(15)13-16/h5-8,11-14,18-21H,2-4,9-10H2,1H3. The fourth-order valence-electron chi connectivity index (χ4n) is 3.38. The van der Waals surface area contributed by atoms with Crippen LogP contribution < -0.4 is 5.32 Å². The minimum atomic E-state index is -0.199. The van der Waals surface area contributed by atoms with Gasteiger partial charge in [0.2, 0.25) is 0 Å². The van der Waals surface area contributed by atoms with Gasteiger partial charge >= 0.3 is 0 Å². The van der Waals surface area contributed by atoms with E-state index < -0.39 is 0 Å². The largest absolute Gasteiger partial charge is 0.392 e. The molecule has 2 aromatic carbocycles. The SMILES string of the molecule is CC(NC1CCCCCC1O)c1ccc2ccccc2c1. The van der Waals surface area contributed by atoms with Crippen molar-refractivity contribution in [2.24, 2.45) is 0 Å². The van der Waals surface area contributed by atoms with Gasteiger partial charge in [-0.1, -0.05) is 55.7 Å². The van der Waals surface area contributed by atoms with Gasteiger partial charge in [0, 0.05) is 12.1 Å². The molecule has 0 radical (unpaired) electrons. The van der Waals surface area contributed by atoms with E-state index in [9.17, 15) is 5.11 Å². The van der Waals surface area contributed by atoms with Gasteiger partial charge in [0.15, 0.2) is 0 Å². The first kappa shape index (κ1) is 14.6. The Labute approximate surface area is 127 Å². The van der Waals surface area contributed by atoms with Crippen LogP contribution in [0.15, 0.2) is 42.5 Å². The number of nitrogens with one attached hydrogen (secondary N) is 1. The van der Waals surface area contributed by atoms with E-state index in [1.54, 1.807) is 0 Å². The molecule has 1 saturated carbocycles. The van der Waals surface area contributed by atoms with Gasteiger partial charge in [0.05, 0.1) is 6.10 Å². The van der Waals surface area contributed by atoms with Gasteiger partial charge in [-0.15, -0.1) is 0 Å². The second kappa shape index (κ2) is 6.59. The summed E-state index contributed by atoms with van der Waals surface area (Å²) in [6.07, 6.45) is 5.44. The normalized spacial score (nSPS) is 24.7. The summed E-state index contributed by atoms with van der Waals surface area (Å²) in [4.78, 5) is 0. The van der Waals surface area contributed by atoms with Crippen LogP contribution in [0.3, 0.4) is 0 Å². The van der Waals surface area contributed by atoms with E-state index in [-0.39, 0.29) is 18.2 Å². The maximum Gasteiger partial charge on any atom is 0.0693 e. The Kier molecular flexibility index (Phi) is 4.57. The van der Waals surface area contributed by atoms with E-state index in [1.165, 1.54) is 29.2 Å². The second-order valence-corrected chi connectivity index (χ2v) is 6.31. The number of hydrogen-bond acceptors (Lipinski definition) is 2. The van der Waals surface area contributed by atoms with Crippen molar-refractivity contribution in [1.82, 2.24) is 5.32 Å². The van der Waals surface area contributed by atoms with Crippen molar-refractivity contribution < 1.29 is 5.11 Å². The van der Waals surface area contributed by atoms with Crippen LogP contribution in [0.4, 0.5) is 0 Å². The topological polar surface area (TPSA) is 32.3 Å². The van der Waals surface area contributed by atoms with Crippen LogP contribution >= 0.6 is 0 Å². The summed E-state index contributed by atoms with van der Waals surface area (Å²) in [5.41, 5.74) is 1.30. The fraction of sp³-hybridized carbons (Fsp3) is 0.474. The molecule has 0 aliphatic heterocycles. The number of hydrogen-bond donors (Lipinski definition) is 2. The van der Waals surface area contributed by atoms with Crippen LogP contribution in [0, 0.1) is 0 Å². The van der Waals surface area contributed by atoms with Gasteiger partial charge in [-0.3, -0.25) is 0 Å². The zero-order valence-electron chi connectivity index (χ0n) is 12.8. The van der Waals surface area contributed by atoms with Crippen LogP contribution in [0.5, 0.6) is 0 Å². The van der Waals surface area contributed by atoms with Crippen molar-refractivity contribution in [3.05, 3.63) is 48.0 Å². The zero-order chi connectivity index (χ0) is 14.7. The van der Waals surface area contributed by atoms with Gasteiger partial charge < -0.3 is 10.4 Å². The average Bonchev–Trinajstić information content (AvgIpc) is 2.72. The molecule has 21 heavy (non-hydrogen) atoms. The van der Waals surface area contributed by atoms with Gasteiger partial charge in [0.25, 0.3) is 0 Å². The Balaban J connectivity index is 1.75. The van der Waals surface area contributed by atoms with Gasteiger partial charge in [-0.05, 0) is 42.2 Å². The second-order valence-electron chi connectivity index (χ2n) is 6.31. The number of fused-ring (bicyclic) bond motifs is 1. The third kappa shape index (κ3) is 3.45. The number of rotatable bonds is 3. The van der Waals surface area contributed by atoms with Crippen LogP contribution in [0.2, 0.25) is 0 Å². The summed E-state index contributed by atoms with van der Waals surface area (Å²) in [5.74, 6) is 0. The minimum absolute atomic E-state index is 0.199. The molecule has 3 rings (SSSR count). The molecule has 0 saturated heterocycles. The molecule has 1 aliphatic rings. The van der Waals surface area contributed by atoms with E-state index in [4.69, 9.17) is 0 Å². The molecule has 0 aromatic heterocycles. The van der Waals surface area contributed by atoms with Crippen LogP contribution in [0.25, 0.3) is 10.8 Å². The minimum Gasteiger partial charge on any atom is -0.392 e. The van der Waals surface area contributed by atoms with Gasteiger partial charge in [-0.25, -0.2) is 0 Å². The summed E-state index contributed by atoms with van der Waals surface area (Å²) in [7, 11) is 0. The Hall–Kier alpha value is -1.38. The van der Waals surface area contributed by atoms with Crippen molar-refractivity contribution in [3.8, 4) is 0 Å². The van der Waals surface area contributed by atoms with Crippen molar-refractivity contribution in [1.29, 1.82) is 0 Å².